The highest BCUT2D eigenvalue weighted by atomic mass is 19.4. The Hall–Kier alpha value is -2.69. The molecule has 1 aliphatic rings. The smallest absolute Gasteiger partial charge is 0.406 e. The summed E-state index contributed by atoms with van der Waals surface area (Å²) in [6.07, 6.45) is -4.18. The number of halogens is 3. The maximum absolute atomic E-state index is 12.3. The Kier molecular flexibility index (Phi) is 5.34. The fraction of sp³-hybridized carbons (Fsp3) is 0.375. The minimum absolute atomic E-state index is 0.185. The van der Waals surface area contributed by atoms with Crippen LogP contribution in [0, 0.1) is 11.8 Å². The van der Waals surface area contributed by atoms with E-state index in [-0.39, 0.29) is 23.3 Å². The maximum Gasteiger partial charge on any atom is 0.573 e. The molecule has 1 N–H and O–H groups in total. The van der Waals surface area contributed by atoms with Crippen LogP contribution in [0.1, 0.15) is 23.7 Å². The number of alkyl halides is 3. The lowest BCUT2D eigenvalue weighted by molar-refractivity contribution is -0.274. The van der Waals surface area contributed by atoms with E-state index in [0.29, 0.717) is 19.5 Å². The van der Waals surface area contributed by atoms with Crippen molar-refractivity contribution in [1.29, 1.82) is 0 Å². The molecule has 0 aliphatic carbocycles. The number of nitrogens with one attached hydrogen (secondary N) is 1. The van der Waals surface area contributed by atoms with Crippen molar-refractivity contribution < 1.29 is 27.5 Å². The van der Waals surface area contributed by atoms with E-state index in [4.69, 9.17) is 0 Å². The molecule has 8 heteroatoms. The van der Waals surface area contributed by atoms with Crippen LogP contribution >= 0.6 is 0 Å². The molecule has 2 rings (SSSR count). The molecule has 1 aromatic carbocycles. The Morgan fingerprint density at radius 2 is 1.96 bits per heavy atom. The third-order valence-electron chi connectivity index (χ3n) is 3.38. The molecule has 1 saturated heterocycles. The summed E-state index contributed by atoms with van der Waals surface area (Å²) < 4.78 is 40.1. The summed E-state index contributed by atoms with van der Waals surface area (Å²) in [6.45, 7) is 2.33. The third-order valence-corrected chi connectivity index (χ3v) is 3.38. The average molecular weight is 340 g/mol. The third kappa shape index (κ3) is 4.91. The largest absolute Gasteiger partial charge is 0.573 e. The summed E-state index contributed by atoms with van der Waals surface area (Å²) in [6, 6.07) is 4.55. The lowest BCUT2D eigenvalue weighted by Crippen LogP contribution is -2.37. The summed E-state index contributed by atoms with van der Waals surface area (Å²) in [5.41, 5.74) is 0.254. The molecular formula is C16H15F3N2O3. The highest BCUT2D eigenvalue weighted by molar-refractivity contribution is 5.95. The van der Waals surface area contributed by atoms with Crippen LogP contribution in [0.15, 0.2) is 24.3 Å². The van der Waals surface area contributed by atoms with E-state index in [2.05, 4.69) is 21.9 Å². The monoisotopic (exact) mass is 340 g/mol. The standard InChI is InChI=1S/C16H15F3N2O3/c1-2-3-14(22)20-12-8-9-21(10-12)15(23)11-4-6-13(7-5-11)24-16(17,18)19/h4-7,12H,8-10H2,1H3,(H,20,22). The van der Waals surface area contributed by atoms with Crippen LogP contribution in [-0.4, -0.2) is 42.2 Å². The van der Waals surface area contributed by atoms with Gasteiger partial charge >= 0.3 is 6.36 Å². The van der Waals surface area contributed by atoms with E-state index in [9.17, 15) is 22.8 Å². The Bertz CT molecular complexity index is 675. The maximum atomic E-state index is 12.3. The molecule has 2 amide bonds. The van der Waals surface area contributed by atoms with Gasteiger partial charge in [-0.1, -0.05) is 5.92 Å². The molecule has 1 aromatic rings. The van der Waals surface area contributed by atoms with E-state index in [1.807, 2.05) is 0 Å². The van der Waals surface area contributed by atoms with Crippen molar-refractivity contribution in [2.75, 3.05) is 13.1 Å². The topological polar surface area (TPSA) is 58.6 Å². The van der Waals surface area contributed by atoms with Crippen LogP contribution in [0.25, 0.3) is 0 Å². The van der Waals surface area contributed by atoms with Crippen LogP contribution in [0.5, 0.6) is 5.75 Å². The lowest BCUT2D eigenvalue weighted by atomic mass is 10.2. The van der Waals surface area contributed by atoms with Crippen LogP contribution in [-0.2, 0) is 4.79 Å². The van der Waals surface area contributed by atoms with Gasteiger partial charge in [0, 0.05) is 24.7 Å². The van der Waals surface area contributed by atoms with E-state index < -0.39 is 12.3 Å². The van der Waals surface area contributed by atoms with Gasteiger partial charge in [0.2, 0.25) is 0 Å². The number of hydrogen-bond donors (Lipinski definition) is 1. The number of hydrogen-bond acceptors (Lipinski definition) is 3. The highest BCUT2D eigenvalue weighted by Crippen LogP contribution is 2.23. The number of nitrogens with zero attached hydrogens (tertiary/aromatic N) is 1. The number of rotatable bonds is 3. The van der Waals surface area contributed by atoms with Gasteiger partial charge in [-0.05, 0) is 43.5 Å². The zero-order chi connectivity index (χ0) is 17.7. The minimum atomic E-state index is -4.77. The molecule has 1 fully saturated rings. The van der Waals surface area contributed by atoms with Crippen LogP contribution in [0.4, 0.5) is 13.2 Å². The molecule has 128 valence electrons. The van der Waals surface area contributed by atoms with Gasteiger partial charge in [-0.15, -0.1) is 13.2 Å². The molecule has 5 nitrogen and oxygen atoms in total. The first-order chi connectivity index (χ1) is 11.3. The van der Waals surface area contributed by atoms with Crippen molar-refractivity contribution in [1.82, 2.24) is 10.2 Å². The zero-order valence-corrected chi connectivity index (χ0v) is 12.8. The molecule has 1 aliphatic heterocycles. The molecule has 0 bridgehead atoms. The molecule has 1 heterocycles. The summed E-state index contributed by atoms with van der Waals surface area (Å²) in [7, 11) is 0. The summed E-state index contributed by atoms with van der Waals surface area (Å²) in [5, 5.41) is 2.70. The van der Waals surface area contributed by atoms with E-state index in [1.165, 1.54) is 17.0 Å². The summed E-state index contributed by atoms with van der Waals surface area (Å²) >= 11 is 0. The van der Waals surface area contributed by atoms with Crippen molar-refractivity contribution in [3.63, 3.8) is 0 Å². The fourth-order valence-electron chi connectivity index (χ4n) is 2.38. The first kappa shape index (κ1) is 17.7. The highest BCUT2D eigenvalue weighted by Gasteiger charge is 2.31. The number of carbonyl (C=O) groups excluding carboxylic acids is 2. The van der Waals surface area contributed by atoms with Gasteiger partial charge in [-0.2, -0.15) is 0 Å². The Labute approximate surface area is 136 Å². The fourth-order valence-corrected chi connectivity index (χ4v) is 2.38. The number of ether oxygens (including phenoxy) is 1. The van der Waals surface area contributed by atoms with Crippen molar-refractivity contribution >= 4 is 11.8 Å². The number of carbonyl (C=O) groups is 2. The first-order valence-corrected chi connectivity index (χ1v) is 7.17. The van der Waals surface area contributed by atoms with Gasteiger partial charge in [-0.3, -0.25) is 9.59 Å². The van der Waals surface area contributed by atoms with E-state index in [0.717, 1.165) is 12.1 Å². The predicted molar refractivity (Wildman–Crippen MR) is 79.0 cm³/mol. The number of benzene rings is 1. The molecule has 24 heavy (non-hydrogen) atoms. The summed E-state index contributed by atoms with van der Waals surface area (Å²) in [4.78, 5) is 25.3. The number of amides is 2. The van der Waals surface area contributed by atoms with Gasteiger partial charge in [-0.25, -0.2) is 0 Å². The average Bonchev–Trinajstić information content (AvgIpc) is 2.94. The second-order valence-electron chi connectivity index (χ2n) is 5.16. The van der Waals surface area contributed by atoms with Crippen molar-refractivity contribution in [3.8, 4) is 17.6 Å². The molecule has 0 saturated carbocycles. The first-order valence-electron chi connectivity index (χ1n) is 7.17. The summed E-state index contributed by atoms with van der Waals surface area (Å²) in [5.74, 6) is 3.76. The quantitative estimate of drug-likeness (QED) is 0.856. The normalized spacial score (nSPS) is 17.0. The van der Waals surface area contributed by atoms with Crippen molar-refractivity contribution in [2.45, 2.75) is 25.7 Å². The minimum Gasteiger partial charge on any atom is -0.406 e. The van der Waals surface area contributed by atoms with E-state index in [1.54, 1.807) is 6.92 Å². The molecular weight excluding hydrogens is 325 g/mol. The van der Waals surface area contributed by atoms with Crippen LogP contribution in [0.2, 0.25) is 0 Å². The van der Waals surface area contributed by atoms with Crippen LogP contribution in [0.3, 0.4) is 0 Å². The van der Waals surface area contributed by atoms with Crippen molar-refractivity contribution in [2.24, 2.45) is 0 Å². The van der Waals surface area contributed by atoms with Gasteiger partial charge in [0.1, 0.15) is 5.75 Å². The molecule has 0 spiro atoms. The Balaban J connectivity index is 1.94. The molecule has 0 radical (unpaired) electrons. The van der Waals surface area contributed by atoms with Crippen molar-refractivity contribution in [3.05, 3.63) is 29.8 Å². The van der Waals surface area contributed by atoms with Crippen LogP contribution < -0.4 is 10.1 Å². The predicted octanol–water partition coefficient (Wildman–Crippen LogP) is 1.94. The van der Waals surface area contributed by atoms with Gasteiger partial charge in [0.15, 0.2) is 0 Å². The molecule has 1 atom stereocenters. The second-order valence-corrected chi connectivity index (χ2v) is 5.16. The second kappa shape index (κ2) is 7.25. The van der Waals surface area contributed by atoms with Gasteiger partial charge in [0.05, 0.1) is 0 Å². The van der Waals surface area contributed by atoms with E-state index >= 15 is 0 Å². The van der Waals surface area contributed by atoms with Gasteiger partial charge < -0.3 is 15.0 Å². The number of likely N-dealkylation sites (tertiary alicyclic amines) is 1. The molecule has 0 aromatic heterocycles. The molecule has 1 unspecified atom stereocenters. The lowest BCUT2D eigenvalue weighted by Gasteiger charge is -2.17. The SMILES string of the molecule is CC#CC(=O)NC1CCN(C(=O)c2ccc(OC(F)(F)F)cc2)C1. The Morgan fingerprint density at radius 1 is 1.29 bits per heavy atom. The van der Waals surface area contributed by atoms with Gasteiger partial charge in [0.25, 0.3) is 11.8 Å². The zero-order valence-electron chi connectivity index (χ0n) is 12.8. The Morgan fingerprint density at radius 3 is 2.54 bits per heavy atom.